The zero-order valence-corrected chi connectivity index (χ0v) is 15.3. The molecule has 9 heteroatoms. The van der Waals surface area contributed by atoms with Gasteiger partial charge in [0.05, 0.1) is 6.61 Å². The smallest absolute Gasteiger partial charge is 0.257 e. The number of benzene rings is 1. The number of amides is 1. The summed E-state index contributed by atoms with van der Waals surface area (Å²) in [5.41, 5.74) is 3.39. The van der Waals surface area contributed by atoms with Crippen LogP contribution < -0.4 is 15.5 Å². The first-order chi connectivity index (χ1) is 11.5. The number of aryl methyl sites for hydroxylation is 1. The monoisotopic (exact) mass is 365 g/mol. The van der Waals surface area contributed by atoms with E-state index in [0.717, 1.165) is 5.75 Å². The van der Waals surface area contributed by atoms with Gasteiger partial charge in [-0.3, -0.25) is 15.5 Å². The van der Waals surface area contributed by atoms with Gasteiger partial charge in [0.2, 0.25) is 5.16 Å². The Hall–Kier alpha value is -2.13. The van der Waals surface area contributed by atoms with Gasteiger partial charge >= 0.3 is 0 Å². The molecule has 0 bridgehead atoms. The number of carbonyl (C=O) groups excluding carboxylic acids is 1. The van der Waals surface area contributed by atoms with Crippen molar-refractivity contribution < 1.29 is 9.53 Å². The van der Waals surface area contributed by atoms with E-state index in [-0.39, 0.29) is 11.0 Å². The van der Waals surface area contributed by atoms with Crippen LogP contribution in [0.4, 0.5) is 0 Å². The maximum absolute atomic E-state index is 12.3. The van der Waals surface area contributed by atoms with E-state index in [4.69, 9.17) is 17.0 Å². The number of hydrogen-bond acceptors (Lipinski definition) is 6. The second kappa shape index (κ2) is 8.65. The van der Waals surface area contributed by atoms with Gasteiger partial charge in [0.15, 0.2) is 5.11 Å². The minimum atomic E-state index is -0.315. The molecular weight excluding hydrogens is 346 g/mol. The van der Waals surface area contributed by atoms with Crippen molar-refractivity contribution in [3.63, 3.8) is 0 Å². The van der Waals surface area contributed by atoms with Crippen molar-refractivity contribution >= 4 is 35.0 Å². The zero-order chi connectivity index (χ0) is 17.5. The van der Waals surface area contributed by atoms with Crippen LogP contribution in [0.2, 0.25) is 0 Å². The van der Waals surface area contributed by atoms with Crippen LogP contribution in [0.3, 0.4) is 0 Å². The molecule has 128 valence electrons. The highest BCUT2D eigenvalue weighted by Gasteiger charge is 2.13. The van der Waals surface area contributed by atoms with Crippen LogP contribution in [0.1, 0.15) is 30.0 Å². The molecule has 2 rings (SSSR count). The lowest BCUT2D eigenvalue weighted by Gasteiger charge is -2.13. The van der Waals surface area contributed by atoms with Crippen molar-refractivity contribution in [2.75, 3.05) is 17.8 Å². The summed E-state index contributed by atoms with van der Waals surface area (Å²) >= 11 is 6.73. The molecule has 1 aromatic heterocycles. The Kier molecular flexibility index (Phi) is 6.56. The number of nitrogens with zero attached hydrogens (tertiary/aromatic N) is 3. The van der Waals surface area contributed by atoms with E-state index >= 15 is 0 Å². The molecule has 1 amide bonds. The van der Waals surface area contributed by atoms with Crippen molar-refractivity contribution in [2.45, 2.75) is 25.9 Å². The third-order valence-corrected chi connectivity index (χ3v) is 3.92. The minimum Gasteiger partial charge on any atom is -0.494 e. The Morgan fingerprint density at radius 1 is 1.38 bits per heavy atom. The highest BCUT2D eigenvalue weighted by atomic mass is 32.2. The third kappa shape index (κ3) is 4.68. The average molecular weight is 365 g/mol. The molecule has 2 aromatic rings. The molecule has 0 unspecified atom stereocenters. The van der Waals surface area contributed by atoms with Crippen LogP contribution in [0, 0.1) is 6.92 Å². The summed E-state index contributed by atoms with van der Waals surface area (Å²) in [6, 6.07) is 6.93. The van der Waals surface area contributed by atoms with Crippen molar-refractivity contribution in [1.82, 2.24) is 20.2 Å². The van der Waals surface area contributed by atoms with Gasteiger partial charge in [-0.1, -0.05) is 24.8 Å². The first-order valence-corrected chi connectivity index (χ1v) is 8.84. The number of carbonyl (C=O) groups is 1. The topological polar surface area (TPSA) is 81.1 Å². The van der Waals surface area contributed by atoms with E-state index in [1.807, 2.05) is 13.8 Å². The molecule has 0 saturated heterocycles. The lowest BCUT2D eigenvalue weighted by atomic mass is 10.2. The fourth-order valence-corrected chi connectivity index (χ4v) is 2.74. The fraction of sp³-hybridized carbons (Fsp3) is 0.333. The van der Waals surface area contributed by atoms with Crippen LogP contribution >= 0.6 is 24.0 Å². The Bertz CT molecular complexity index is 732. The molecule has 0 spiro atoms. The molecule has 24 heavy (non-hydrogen) atoms. The summed E-state index contributed by atoms with van der Waals surface area (Å²) in [7, 11) is 0. The first kappa shape index (κ1) is 18.2. The molecule has 0 aliphatic heterocycles. The zero-order valence-electron chi connectivity index (χ0n) is 13.7. The molecule has 1 heterocycles. The molecule has 0 atom stereocenters. The number of rotatable bonds is 6. The number of nitrogens with one attached hydrogen (secondary N) is 2. The molecule has 7 nitrogen and oxygen atoms in total. The van der Waals surface area contributed by atoms with Gasteiger partial charge in [-0.2, -0.15) is 0 Å². The van der Waals surface area contributed by atoms with Gasteiger partial charge in [-0.15, -0.1) is 10.2 Å². The number of hydrogen-bond donors (Lipinski definition) is 2. The highest BCUT2D eigenvalue weighted by molar-refractivity contribution is 7.99. The van der Waals surface area contributed by atoms with Gasteiger partial charge in [-0.05, 0) is 50.0 Å². The van der Waals surface area contributed by atoms with Crippen LogP contribution in [0.15, 0.2) is 29.4 Å². The number of thioether (sulfide) groups is 1. The van der Waals surface area contributed by atoms with Crippen molar-refractivity contribution in [3.05, 3.63) is 35.7 Å². The van der Waals surface area contributed by atoms with Crippen molar-refractivity contribution in [1.29, 1.82) is 0 Å². The molecule has 0 saturated carbocycles. The number of ether oxygens (including phenoxy) is 1. The quantitative estimate of drug-likeness (QED) is 0.601. The predicted octanol–water partition coefficient (Wildman–Crippen LogP) is 2.36. The van der Waals surface area contributed by atoms with Crippen LogP contribution in [0.25, 0.3) is 0 Å². The first-order valence-electron chi connectivity index (χ1n) is 7.45. The summed E-state index contributed by atoms with van der Waals surface area (Å²) in [6.45, 7) is 6.25. The second-order valence-corrected chi connectivity index (χ2v) is 6.29. The van der Waals surface area contributed by atoms with E-state index < -0.39 is 0 Å². The maximum Gasteiger partial charge on any atom is 0.257 e. The number of thiocarbonyl (C=S) groups is 1. The average Bonchev–Trinajstić information content (AvgIpc) is 2.89. The third-order valence-electron chi connectivity index (χ3n) is 2.92. The van der Waals surface area contributed by atoms with E-state index in [1.54, 1.807) is 35.9 Å². The Balaban J connectivity index is 2.03. The molecule has 0 radical (unpaired) electrons. The Labute approximate surface area is 150 Å². The molecule has 0 aliphatic carbocycles. The van der Waals surface area contributed by atoms with Crippen molar-refractivity contribution in [3.8, 4) is 5.75 Å². The van der Waals surface area contributed by atoms with E-state index in [2.05, 4.69) is 20.9 Å². The van der Waals surface area contributed by atoms with Gasteiger partial charge < -0.3 is 4.74 Å². The summed E-state index contributed by atoms with van der Waals surface area (Å²) in [4.78, 5) is 12.3. The Morgan fingerprint density at radius 3 is 2.88 bits per heavy atom. The molecule has 0 aliphatic rings. The maximum atomic E-state index is 12.3. The summed E-state index contributed by atoms with van der Waals surface area (Å²) in [5, 5.41) is 11.5. The van der Waals surface area contributed by atoms with E-state index in [1.165, 1.54) is 11.8 Å². The van der Waals surface area contributed by atoms with Gasteiger partial charge in [0.1, 0.15) is 11.6 Å². The standard InChI is InChI=1S/C15H19N5O2S2/c1-4-22-12-8-6-7-11(9-12)13(21)16-14(23)19-20-10(3)17-18-15(20)24-5-2/h6-9H,4-5H2,1-3H3,(H2,16,19,21,23). The predicted molar refractivity (Wildman–Crippen MR) is 98.2 cm³/mol. The largest absolute Gasteiger partial charge is 0.494 e. The van der Waals surface area contributed by atoms with Crippen molar-refractivity contribution in [2.24, 2.45) is 0 Å². The second-order valence-electron chi connectivity index (χ2n) is 4.65. The van der Waals surface area contributed by atoms with Gasteiger partial charge in [0.25, 0.3) is 5.91 Å². The van der Waals surface area contributed by atoms with Crippen LogP contribution in [-0.2, 0) is 0 Å². The lowest BCUT2D eigenvalue weighted by molar-refractivity contribution is 0.0977. The van der Waals surface area contributed by atoms with E-state index in [0.29, 0.717) is 28.9 Å². The molecule has 0 fully saturated rings. The van der Waals surface area contributed by atoms with Crippen LogP contribution in [-0.4, -0.2) is 38.3 Å². The molecular formula is C15H19N5O2S2. The lowest BCUT2D eigenvalue weighted by Crippen LogP contribution is -2.38. The number of aromatic nitrogens is 3. The molecule has 1 aromatic carbocycles. The molecule has 2 N–H and O–H groups in total. The van der Waals surface area contributed by atoms with Gasteiger partial charge in [0, 0.05) is 5.56 Å². The Morgan fingerprint density at radius 2 is 2.17 bits per heavy atom. The highest BCUT2D eigenvalue weighted by Crippen LogP contribution is 2.15. The SMILES string of the molecule is CCOc1cccc(C(=O)NC(=S)Nn2c(C)nnc2SCC)c1. The fourth-order valence-electron chi connectivity index (χ4n) is 1.89. The van der Waals surface area contributed by atoms with Crippen LogP contribution in [0.5, 0.6) is 5.75 Å². The normalized spacial score (nSPS) is 10.3. The summed E-state index contributed by atoms with van der Waals surface area (Å²) in [5.74, 6) is 1.83. The van der Waals surface area contributed by atoms with Gasteiger partial charge in [-0.25, -0.2) is 4.68 Å². The minimum absolute atomic E-state index is 0.169. The summed E-state index contributed by atoms with van der Waals surface area (Å²) < 4.78 is 7.04. The van der Waals surface area contributed by atoms with E-state index in [9.17, 15) is 4.79 Å². The summed E-state index contributed by atoms with van der Waals surface area (Å²) in [6.07, 6.45) is 0.